The summed E-state index contributed by atoms with van der Waals surface area (Å²) in [5.41, 5.74) is 6.38. The smallest absolute Gasteiger partial charge is 0.153 e. The van der Waals surface area contributed by atoms with E-state index in [1.165, 1.54) is 0 Å². The maximum Gasteiger partial charge on any atom is 0.153 e. The lowest BCUT2D eigenvalue weighted by molar-refractivity contribution is 0.111. The van der Waals surface area contributed by atoms with Crippen molar-refractivity contribution in [2.75, 3.05) is 0 Å². The van der Waals surface area contributed by atoms with Crippen molar-refractivity contribution in [2.45, 2.75) is 65.6 Å². The van der Waals surface area contributed by atoms with Gasteiger partial charge in [0.15, 0.2) is 12.6 Å². The van der Waals surface area contributed by atoms with E-state index >= 15 is 0 Å². The molecule has 2 aromatic heterocycles. The third-order valence-corrected chi connectivity index (χ3v) is 6.71. The Morgan fingerprint density at radius 3 is 1.30 bits per heavy atom. The molecule has 0 aliphatic carbocycles. The quantitative estimate of drug-likeness (QED) is 0.206. The first-order valence-electron chi connectivity index (χ1n) is 13.3. The Hall–Kier alpha value is -4.32. The fourth-order valence-corrected chi connectivity index (χ4v) is 4.12. The molecule has 0 N–H and O–H groups in total. The predicted octanol–water partition coefficient (Wildman–Crippen LogP) is 7.52. The number of carbonyl (C=O) groups is 2. The first-order chi connectivity index (χ1) is 19.0. The lowest BCUT2D eigenvalue weighted by atomic mass is 9.86. The van der Waals surface area contributed by atoms with Crippen LogP contribution in [0.2, 0.25) is 0 Å². The Bertz CT molecular complexity index is 1360. The summed E-state index contributed by atoms with van der Waals surface area (Å²) in [7, 11) is 0. The Morgan fingerprint density at radius 2 is 1.00 bits per heavy atom. The first-order valence-corrected chi connectivity index (χ1v) is 13.3. The van der Waals surface area contributed by atoms with Crippen molar-refractivity contribution in [3.8, 4) is 22.9 Å². The number of nitrogens with zero attached hydrogens (tertiary/aromatic N) is 2. The zero-order valence-electron chi connectivity index (χ0n) is 24.0. The number of pyridine rings is 2. The van der Waals surface area contributed by atoms with Crippen LogP contribution in [0, 0.1) is 0 Å². The average molecular weight is 537 g/mol. The van der Waals surface area contributed by atoms with E-state index in [2.05, 4.69) is 51.5 Å². The highest BCUT2D eigenvalue weighted by atomic mass is 16.5. The molecule has 4 aromatic rings. The molecule has 0 fully saturated rings. The van der Waals surface area contributed by atoms with Gasteiger partial charge in [0.2, 0.25) is 0 Å². The molecule has 0 spiro atoms. The largest absolute Gasteiger partial charge is 0.488 e. The molecule has 0 amide bonds. The van der Waals surface area contributed by atoms with Crippen LogP contribution in [0.3, 0.4) is 0 Å². The third kappa shape index (κ3) is 7.00. The lowest BCUT2D eigenvalue weighted by Gasteiger charge is -2.20. The Balaban J connectivity index is 1.37. The minimum atomic E-state index is -0.0480. The molecule has 6 nitrogen and oxygen atoms in total. The predicted molar refractivity (Wildman–Crippen MR) is 157 cm³/mol. The van der Waals surface area contributed by atoms with Gasteiger partial charge in [0.1, 0.15) is 24.7 Å². The van der Waals surface area contributed by atoms with E-state index in [1.54, 1.807) is 12.4 Å². The van der Waals surface area contributed by atoms with Gasteiger partial charge >= 0.3 is 0 Å². The summed E-state index contributed by atoms with van der Waals surface area (Å²) in [4.78, 5) is 32.3. The Labute approximate surface area is 236 Å². The number of aromatic nitrogens is 2. The molecule has 0 atom stereocenters. The average Bonchev–Trinajstić information content (AvgIpc) is 2.94. The molecule has 0 saturated heterocycles. The van der Waals surface area contributed by atoms with Gasteiger partial charge in [-0.05, 0) is 58.4 Å². The summed E-state index contributed by atoms with van der Waals surface area (Å²) in [6, 6.07) is 19.1. The fraction of sp³-hybridized carbons (Fsp3) is 0.294. The van der Waals surface area contributed by atoms with E-state index in [-0.39, 0.29) is 10.8 Å². The number of carbonyl (C=O) groups excluding carboxylic acids is 2. The van der Waals surface area contributed by atoms with Gasteiger partial charge < -0.3 is 9.47 Å². The second-order valence-electron chi connectivity index (χ2n) is 11.9. The van der Waals surface area contributed by atoms with Crippen LogP contribution in [0.15, 0.2) is 73.1 Å². The van der Waals surface area contributed by atoms with Crippen molar-refractivity contribution in [1.29, 1.82) is 0 Å². The standard InChI is InChI=1S/C34H36N2O4/c1-33(2,3)27-9-13-31(25(15-27)19-37)39-21-23-7-11-29(35-17-23)30-12-8-24(18-36-30)22-40-32-14-10-28(34(4,5)6)16-26(32)20-38/h7-20H,21-22H2,1-6H3. The molecular weight excluding hydrogens is 500 g/mol. The van der Waals surface area contributed by atoms with E-state index in [0.717, 1.165) is 46.2 Å². The normalized spacial score (nSPS) is 11.7. The zero-order valence-corrected chi connectivity index (χ0v) is 24.0. The van der Waals surface area contributed by atoms with Crippen molar-refractivity contribution < 1.29 is 19.1 Å². The van der Waals surface area contributed by atoms with Crippen molar-refractivity contribution in [2.24, 2.45) is 0 Å². The number of aldehydes is 2. The highest BCUT2D eigenvalue weighted by Gasteiger charge is 2.17. The van der Waals surface area contributed by atoms with Crippen LogP contribution in [0.5, 0.6) is 11.5 Å². The van der Waals surface area contributed by atoms with Gasteiger partial charge in [-0.1, -0.05) is 65.8 Å². The molecule has 2 aromatic carbocycles. The molecule has 0 unspecified atom stereocenters. The molecule has 6 heteroatoms. The van der Waals surface area contributed by atoms with Gasteiger partial charge in [-0.15, -0.1) is 0 Å². The minimum absolute atomic E-state index is 0.0480. The van der Waals surface area contributed by atoms with Gasteiger partial charge in [0.05, 0.1) is 22.5 Å². The Morgan fingerprint density at radius 1 is 0.600 bits per heavy atom. The van der Waals surface area contributed by atoms with Crippen LogP contribution >= 0.6 is 0 Å². The zero-order chi connectivity index (χ0) is 28.9. The summed E-state index contributed by atoms with van der Waals surface area (Å²) in [6.07, 6.45) is 5.16. The summed E-state index contributed by atoms with van der Waals surface area (Å²) in [5.74, 6) is 1.11. The van der Waals surface area contributed by atoms with E-state index < -0.39 is 0 Å². The lowest BCUT2D eigenvalue weighted by Crippen LogP contribution is -2.11. The summed E-state index contributed by atoms with van der Waals surface area (Å²) in [5, 5.41) is 0. The first kappa shape index (κ1) is 28.7. The molecule has 0 radical (unpaired) electrons. The third-order valence-electron chi connectivity index (χ3n) is 6.71. The van der Waals surface area contributed by atoms with Crippen LogP contribution in [0.4, 0.5) is 0 Å². The number of hydrogen-bond donors (Lipinski definition) is 0. The highest BCUT2D eigenvalue weighted by molar-refractivity contribution is 5.80. The van der Waals surface area contributed by atoms with E-state index in [1.807, 2.05) is 60.7 Å². The summed E-state index contributed by atoms with van der Waals surface area (Å²) in [6.45, 7) is 13.3. The summed E-state index contributed by atoms with van der Waals surface area (Å²) < 4.78 is 11.8. The fourth-order valence-electron chi connectivity index (χ4n) is 4.12. The number of hydrogen-bond acceptors (Lipinski definition) is 6. The molecule has 0 aliphatic rings. The van der Waals surface area contributed by atoms with Crippen LogP contribution in [-0.4, -0.2) is 22.5 Å². The van der Waals surface area contributed by atoms with Crippen molar-refractivity contribution in [3.63, 3.8) is 0 Å². The molecule has 0 bridgehead atoms. The maximum atomic E-state index is 11.6. The van der Waals surface area contributed by atoms with Gasteiger partial charge in [-0.3, -0.25) is 19.6 Å². The molecule has 0 aliphatic heterocycles. The van der Waals surface area contributed by atoms with Crippen molar-refractivity contribution >= 4 is 12.6 Å². The van der Waals surface area contributed by atoms with E-state index in [4.69, 9.17) is 9.47 Å². The van der Waals surface area contributed by atoms with E-state index in [0.29, 0.717) is 35.8 Å². The van der Waals surface area contributed by atoms with Gasteiger partial charge in [-0.25, -0.2) is 0 Å². The molecule has 40 heavy (non-hydrogen) atoms. The van der Waals surface area contributed by atoms with Crippen LogP contribution in [0.1, 0.15) is 84.5 Å². The second-order valence-corrected chi connectivity index (χ2v) is 11.9. The van der Waals surface area contributed by atoms with Gasteiger partial charge in [0.25, 0.3) is 0 Å². The monoisotopic (exact) mass is 536 g/mol. The van der Waals surface area contributed by atoms with Crippen molar-refractivity contribution in [1.82, 2.24) is 9.97 Å². The number of rotatable bonds is 9. The highest BCUT2D eigenvalue weighted by Crippen LogP contribution is 2.29. The van der Waals surface area contributed by atoms with Gasteiger partial charge in [-0.2, -0.15) is 0 Å². The minimum Gasteiger partial charge on any atom is -0.488 e. The molecule has 206 valence electrons. The SMILES string of the molecule is CC(C)(C)c1ccc(OCc2ccc(-c3ccc(COc4ccc(C(C)(C)C)cc4C=O)cn3)nc2)c(C=O)c1. The number of ether oxygens (including phenoxy) is 2. The van der Waals surface area contributed by atoms with Crippen molar-refractivity contribution in [3.05, 3.63) is 106 Å². The van der Waals surface area contributed by atoms with Crippen LogP contribution < -0.4 is 9.47 Å². The van der Waals surface area contributed by atoms with E-state index in [9.17, 15) is 9.59 Å². The molecule has 4 rings (SSSR count). The molecule has 0 saturated carbocycles. The maximum absolute atomic E-state index is 11.6. The molecule has 2 heterocycles. The topological polar surface area (TPSA) is 78.4 Å². The Kier molecular flexibility index (Phi) is 8.48. The second kappa shape index (κ2) is 11.8. The molecular formula is C34H36N2O4. The van der Waals surface area contributed by atoms with Crippen LogP contribution in [-0.2, 0) is 24.0 Å². The van der Waals surface area contributed by atoms with Gasteiger partial charge in [0, 0.05) is 23.5 Å². The summed E-state index contributed by atoms with van der Waals surface area (Å²) >= 11 is 0. The van der Waals surface area contributed by atoms with Crippen LogP contribution in [0.25, 0.3) is 11.4 Å². The number of benzene rings is 2.